The molecule has 0 bridgehead atoms. The van der Waals surface area contributed by atoms with Crippen LogP contribution < -0.4 is 10.1 Å². The number of Topliss-reactive ketones (excluding diaryl/α,β-unsaturated/α-hetero) is 1. The van der Waals surface area contributed by atoms with E-state index in [9.17, 15) is 4.79 Å². The molecule has 3 aromatic rings. The number of methoxy groups -OCH3 is 1. The van der Waals surface area contributed by atoms with Crippen molar-refractivity contribution in [3.63, 3.8) is 0 Å². The lowest BCUT2D eigenvalue weighted by molar-refractivity contribution is -0.119. The second-order valence-corrected chi connectivity index (χ2v) is 8.02. The van der Waals surface area contributed by atoms with Crippen LogP contribution in [0.15, 0.2) is 12.1 Å². The fourth-order valence-corrected chi connectivity index (χ4v) is 3.68. The number of benzene rings is 1. The molecule has 0 aliphatic heterocycles. The normalized spacial score (nSPS) is 11.5. The van der Waals surface area contributed by atoms with Crippen LogP contribution in [-0.2, 0) is 4.79 Å². The average Bonchev–Trinajstić information content (AvgIpc) is 3.06. The molecular formula is C22H31N5O2. The van der Waals surface area contributed by atoms with Gasteiger partial charge in [0.1, 0.15) is 22.9 Å². The Morgan fingerprint density at radius 1 is 1.17 bits per heavy atom. The molecule has 2 aromatic heterocycles. The molecule has 29 heavy (non-hydrogen) atoms. The van der Waals surface area contributed by atoms with Crippen molar-refractivity contribution in [3.8, 4) is 5.75 Å². The van der Waals surface area contributed by atoms with Crippen molar-refractivity contribution >= 4 is 28.3 Å². The van der Waals surface area contributed by atoms with Crippen molar-refractivity contribution < 1.29 is 9.53 Å². The fraction of sp³-hybridized carbons (Fsp3) is 0.545. The van der Waals surface area contributed by atoms with Crippen LogP contribution >= 0.6 is 0 Å². The van der Waals surface area contributed by atoms with Gasteiger partial charge in [0.05, 0.1) is 12.6 Å². The molecule has 3 rings (SSSR count). The van der Waals surface area contributed by atoms with E-state index >= 15 is 0 Å². The number of ether oxygens (including phenoxy) is 1. The molecule has 7 heteroatoms. The Labute approximate surface area is 171 Å². The van der Waals surface area contributed by atoms with Crippen molar-refractivity contribution in [2.45, 2.75) is 59.8 Å². The molecule has 0 aliphatic rings. The van der Waals surface area contributed by atoms with Gasteiger partial charge in [-0.3, -0.25) is 9.20 Å². The van der Waals surface area contributed by atoms with Gasteiger partial charge in [-0.25, -0.2) is 4.98 Å². The second kappa shape index (κ2) is 9.20. The van der Waals surface area contributed by atoms with Crippen LogP contribution in [0.3, 0.4) is 0 Å². The van der Waals surface area contributed by atoms with E-state index in [-0.39, 0.29) is 0 Å². The highest BCUT2D eigenvalue weighted by Crippen LogP contribution is 2.31. The van der Waals surface area contributed by atoms with Gasteiger partial charge < -0.3 is 10.1 Å². The van der Waals surface area contributed by atoms with Crippen LogP contribution in [-0.4, -0.2) is 39.0 Å². The Kier molecular flexibility index (Phi) is 6.67. The maximum Gasteiger partial charge on any atom is 0.204 e. The quantitative estimate of drug-likeness (QED) is 0.508. The topological polar surface area (TPSA) is 81.4 Å². The smallest absolute Gasteiger partial charge is 0.204 e. The first-order valence-electron chi connectivity index (χ1n) is 10.4. The van der Waals surface area contributed by atoms with E-state index in [1.165, 1.54) is 0 Å². The molecule has 0 saturated carbocycles. The number of carbonyl (C=O) groups excluding carboxylic acids is 1. The second-order valence-electron chi connectivity index (χ2n) is 8.02. The summed E-state index contributed by atoms with van der Waals surface area (Å²) in [4.78, 5) is 16.6. The summed E-state index contributed by atoms with van der Waals surface area (Å²) >= 11 is 0. The summed E-state index contributed by atoms with van der Waals surface area (Å²) in [5, 5.41) is 12.0. The van der Waals surface area contributed by atoms with E-state index in [1.807, 2.05) is 30.4 Å². The standard InChI is InChI=1S/C22H31N5O2/c1-14(2)13-17(28)9-7-6-8-12-23-21-22-26-25-16(4)27(22)18-11-10-15(3)20(29-5)19(18)24-21/h10-11,14H,6-9,12-13H2,1-5H3,(H,23,24). The predicted octanol–water partition coefficient (Wildman–Crippen LogP) is 4.49. The van der Waals surface area contributed by atoms with Gasteiger partial charge in [0.2, 0.25) is 5.65 Å². The third-order valence-electron chi connectivity index (χ3n) is 5.07. The third-order valence-corrected chi connectivity index (χ3v) is 5.07. The zero-order chi connectivity index (χ0) is 21.0. The van der Waals surface area contributed by atoms with Crippen molar-refractivity contribution in [3.05, 3.63) is 23.5 Å². The number of aromatic nitrogens is 4. The van der Waals surface area contributed by atoms with Crippen LogP contribution in [0.1, 0.15) is 57.3 Å². The molecular weight excluding hydrogens is 366 g/mol. The van der Waals surface area contributed by atoms with E-state index in [0.717, 1.165) is 54.0 Å². The highest BCUT2D eigenvalue weighted by molar-refractivity contribution is 5.88. The molecule has 1 N–H and O–H groups in total. The summed E-state index contributed by atoms with van der Waals surface area (Å²) in [7, 11) is 1.67. The van der Waals surface area contributed by atoms with Gasteiger partial charge in [-0.15, -0.1) is 10.2 Å². The van der Waals surface area contributed by atoms with E-state index in [1.54, 1.807) is 7.11 Å². The van der Waals surface area contributed by atoms with Crippen molar-refractivity contribution in [2.75, 3.05) is 19.0 Å². The lowest BCUT2D eigenvalue weighted by Gasteiger charge is -2.13. The molecule has 0 fully saturated rings. The molecule has 0 aliphatic carbocycles. The maximum absolute atomic E-state index is 11.8. The Morgan fingerprint density at radius 2 is 1.97 bits per heavy atom. The molecule has 0 spiro atoms. The van der Waals surface area contributed by atoms with Gasteiger partial charge >= 0.3 is 0 Å². The minimum Gasteiger partial charge on any atom is -0.494 e. The fourth-order valence-electron chi connectivity index (χ4n) is 3.68. The van der Waals surface area contributed by atoms with Gasteiger partial charge in [0.15, 0.2) is 5.82 Å². The van der Waals surface area contributed by atoms with Crippen LogP contribution in [0.4, 0.5) is 5.82 Å². The highest BCUT2D eigenvalue weighted by Gasteiger charge is 2.16. The van der Waals surface area contributed by atoms with Gasteiger partial charge in [0, 0.05) is 19.4 Å². The summed E-state index contributed by atoms with van der Waals surface area (Å²) in [5.74, 6) is 3.09. The van der Waals surface area contributed by atoms with E-state index in [4.69, 9.17) is 9.72 Å². The molecule has 0 radical (unpaired) electrons. The summed E-state index contributed by atoms with van der Waals surface area (Å²) < 4.78 is 7.62. The molecule has 7 nitrogen and oxygen atoms in total. The minimum atomic E-state index is 0.368. The number of rotatable bonds is 10. The molecule has 0 amide bonds. The number of carbonyl (C=O) groups is 1. The maximum atomic E-state index is 11.8. The number of anilines is 1. The Balaban J connectivity index is 1.71. The number of hydrogen-bond acceptors (Lipinski definition) is 6. The molecule has 2 heterocycles. The Hall–Kier alpha value is -2.70. The molecule has 0 saturated heterocycles. The number of ketones is 1. The number of fused-ring (bicyclic) bond motifs is 3. The van der Waals surface area contributed by atoms with Crippen LogP contribution in [0, 0.1) is 19.8 Å². The summed E-state index contributed by atoms with van der Waals surface area (Å²) in [6.07, 6.45) is 4.28. The minimum absolute atomic E-state index is 0.368. The van der Waals surface area contributed by atoms with Crippen molar-refractivity contribution in [1.82, 2.24) is 19.6 Å². The lowest BCUT2D eigenvalue weighted by atomic mass is 10.0. The molecule has 0 atom stereocenters. The van der Waals surface area contributed by atoms with Crippen LogP contribution in [0.25, 0.3) is 16.7 Å². The molecule has 0 unspecified atom stereocenters. The van der Waals surface area contributed by atoms with Crippen LogP contribution in [0.5, 0.6) is 5.75 Å². The summed E-state index contributed by atoms with van der Waals surface area (Å²) in [6.45, 7) is 8.89. The zero-order valence-electron chi connectivity index (χ0n) is 18.1. The SMILES string of the molecule is COc1c(C)ccc2c1nc(NCCCCCC(=O)CC(C)C)c1nnc(C)n12. The number of unbranched alkanes of at least 4 members (excludes halogenated alkanes) is 2. The predicted molar refractivity (Wildman–Crippen MR) is 116 cm³/mol. The molecule has 1 aromatic carbocycles. The van der Waals surface area contributed by atoms with Gasteiger partial charge in [0.25, 0.3) is 0 Å². The largest absolute Gasteiger partial charge is 0.494 e. The first-order chi connectivity index (χ1) is 13.9. The average molecular weight is 398 g/mol. The van der Waals surface area contributed by atoms with Crippen molar-refractivity contribution in [1.29, 1.82) is 0 Å². The van der Waals surface area contributed by atoms with Crippen LogP contribution in [0.2, 0.25) is 0 Å². The monoisotopic (exact) mass is 397 g/mol. The zero-order valence-corrected chi connectivity index (χ0v) is 18.1. The van der Waals surface area contributed by atoms with E-state index in [2.05, 4.69) is 29.4 Å². The lowest BCUT2D eigenvalue weighted by Crippen LogP contribution is -2.08. The number of hydrogen-bond donors (Lipinski definition) is 1. The highest BCUT2D eigenvalue weighted by atomic mass is 16.5. The van der Waals surface area contributed by atoms with Gasteiger partial charge in [-0.05, 0) is 44.2 Å². The van der Waals surface area contributed by atoms with Gasteiger partial charge in [-0.1, -0.05) is 26.3 Å². The summed E-state index contributed by atoms with van der Waals surface area (Å²) in [6, 6.07) is 4.05. The van der Waals surface area contributed by atoms with Gasteiger partial charge in [-0.2, -0.15) is 0 Å². The Bertz CT molecular complexity index is 1010. The Morgan fingerprint density at radius 3 is 2.69 bits per heavy atom. The van der Waals surface area contributed by atoms with E-state index < -0.39 is 0 Å². The van der Waals surface area contributed by atoms with E-state index in [0.29, 0.717) is 36.0 Å². The number of nitrogens with zero attached hydrogens (tertiary/aromatic N) is 4. The number of aryl methyl sites for hydroxylation is 2. The van der Waals surface area contributed by atoms with Crippen molar-refractivity contribution in [2.24, 2.45) is 5.92 Å². The summed E-state index contributed by atoms with van der Waals surface area (Å²) in [5.41, 5.74) is 3.48. The third kappa shape index (κ3) is 4.66. The number of nitrogens with one attached hydrogen (secondary N) is 1. The molecule has 156 valence electrons. The first kappa shape index (κ1) is 21.0. The first-order valence-corrected chi connectivity index (χ1v) is 10.4.